The molecule has 0 spiro atoms. The minimum atomic E-state index is -0.290. The van der Waals surface area contributed by atoms with Crippen molar-refractivity contribution in [2.24, 2.45) is 0 Å². The Kier molecular flexibility index (Phi) is 3.52. The van der Waals surface area contributed by atoms with E-state index in [9.17, 15) is 0 Å². The number of rotatable bonds is 3. The maximum absolute atomic E-state index is 7.98. The molecule has 0 saturated carbocycles. The molecule has 1 heteroatoms. The molecule has 0 fully saturated rings. The Morgan fingerprint density at radius 1 is 0.812 bits per heavy atom. The monoisotopic (exact) mass is 211 g/mol. The lowest BCUT2D eigenvalue weighted by Gasteiger charge is -2.01. The van der Waals surface area contributed by atoms with Gasteiger partial charge in [-0.1, -0.05) is 66.7 Å². The highest BCUT2D eigenvalue weighted by atomic mass is 16.3. The molecular formula is C15H15O+. The van der Waals surface area contributed by atoms with Crippen LogP contribution in [0.15, 0.2) is 66.7 Å². The highest BCUT2D eigenvalue weighted by Crippen LogP contribution is 2.14. The molecule has 1 atom stereocenters. The van der Waals surface area contributed by atoms with Crippen LogP contribution in [0.5, 0.6) is 0 Å². The minimum Gasteiger partial charge on any atom is -0.437 e. The van der Waals surface area contributed by atoms with Gasteiger partial charge in [0.05, 0.1) is 0 Å². The summed E-state index contributed by atoms with van der Waals surface area (Å²) in [6.07, 6.45) is 3.61. The SMILES string of the molecule is [OH2+]C(/C=C/c1ccccc1)c1ccccc1. The van der Waals surface area contributed by atoms with Crippen LogP contribution in [0.1, 0.15) is 17.2 Å². The van der Waals surface area contributed by atoms with E-state index >= 15 is 0 Å². The van der Waals surface area contributed by atoms with E-state index in [1.165, 1.54) is 0 Å². The van der Waals surface area contributed by atoms with E-state index in [-0.39, 0.29) is 6.10 Å². The summed E-state index contributed by atoms with van der Waals surface area (Å²) in [5.74, 6) is 0. The van der Waals surface area contributed by atoms with Gasteiger partial charge in [0.15, 0.2) is 6.10 Å². The van der Waals surface area contributed by atoms with Gasteiger partial charge in [0.25, 0.3) is 0 Å². The molecule has 0 aliphatic rings. The summed E-state index contributed by atoms with van der Waals surface area (Å²) in [4.78, 5) is 0. The summed E-state index contributed by atoms with van der Waals surface area (Å²) in [6, 6.07) is 19.9. The smallest absolute Gasteiger partial charge is 0.199 e. The fourth-order valence-corrected chi connectivity index (χ4v) is 1.54. The summed E-state index contributed by atoms with van der Waals surface area (Å²) >= 11 is 0. The molecule has 0 bridgehead atoms. The van der Waals surface area contributed by atoms with Crippen molar-refractivity contribution in [1.82, 2.24) is 0 Å². The molecule has 1 nitrogen and oxygen atoms in total. The largest absolute Gasteiger partial charge is 0.437 e. The highest BCUT2D eigenvalue weighted by Gasteiger charge is 2.05. The highest BCUT2D eigenvalue weighted by molar-refractivity contribution is 5.49. The Morgan fingerprint density at radius 2 is 1.38 bits per heavy atom. The van der Waals surface area contributed by atoms with Crippen molar-refractivity contribution >= 4 is 6.08 Å². The Hall–Kier alpha value is -1.86. The van der Waals surface area contributed by atoms with E-state index in [2.05, 4.69) is 0 Å². The van der Waals surface area contributed by atoms with Crippen LogP contribution in [0.3, 0.4) is 0 Å². The van der Waals surface area contributed by atoms with Crippen molar-refractivity contribution in [3.05, 3.63) is 77.9 Å². The van der Waals surface area contributed by atoms with E-state index in [0.29, 0.717) is 0 Å². The summed E-state index contributed by atoms with van der Waals surface area (Å²) in [5.41, 5.74) is 2.16. The molecule has 2 aromatic rings. The van der Waals surface area contributed by atoms with Gasteiger partial charge in [-0.25, -0.2) is 0 Å². The number of benzene rings is 2. The maximum atomic E-state index is 7.98. The molecule has 0 heterocycles. The van der Waals surface area contributed by atoms with Crippen molar-refractivity contribution in [3.8, 4) is 0 Å². The standard InChI is InChI=1S/C15H14O/c16-15(14-9-5-2-6-10-14)12-11-13-7-3-1-4-8-13/h1-12,15-16H/p+1/b12-11+. The van der Waals surface area contributed by atoms with Crippen LogP contribution < -0.4 is 0 Å². The van der Waals surface area contributed by atoms with Gasteiger partial charge < -0.3 is 5.11 Å². The molecule has 0 aliphatic heterocycles. The molecule has 2 N–H and O–H groups in total. The van der Waals surface area contributed by atoms with Crippen molar-refractivity contribution < 1.29 is 5.11 Å². The van der Waals surface area contributed by atoms with Crippen molar-refractivity contribution in [2.75, 3.05) is 0 Å². The van der Waals surface area contributed by atoms with E-state index in [0.717, 1.165) is 11.1 Å². The fourth-order valence-electron chi connectivity index (χ4n) is 1.54. The Morgan fingerprint density at radius 3 is 2.00 bits per heavy atom. The van der Waals surface area contributed by atoms with Gasteiger partial charge in [-0.15, -0.1) is 0 Å². The summed E-state index contributed by atoms with van der Waals surface area (Å²) in [7, 11) is 0. The Labute approximate surface area is 95.7 Å². The number of hydrogen-bond acceptors (Lipinski definition) is 0. The third kappa shape index (κ3) is 2.81. The second-order valence-corrected chi connectivity index (χ2v) is 3.66. The molecule has 0 aromatic heterocycles. The summed E-state index contributed by atoms with van der Waals surface area (Å²) < 4.78 is 0. The van der Waals surface area contributed by atoms with Gasteiger partial charge >= 0.3 is 0 Å². The van der Waals surface area contributed by atoms with Gasteiger partial charge in [0.1, 0.15) is 0 Å². The Bertz CT molecular complexity index is 445. The van der Waals surface area contributed by atoms with Crippen LogP contribution in [0.25, 0.3) is 6.08 Å². The molecule has 80 valence electrons. The molecule has 0 aliphatic carbocycles. The third-order valence-corrected chi connectivity index (χ3v) is 2.44. The van der Waals surface area contributed by atoms with E-state index < -0.39 is 0 Å². The topological polar surface area (TPSA) is 22.9 Å². The lowest BCUT2D eigenvalue weighted by atomic mass is 10.1. The average Bonchev–Trinajstić information content (AvgIpc) is 2.38. The van der Waals surface area contributed by atoms with Gasteiger partial charge in [-0.3, -0.25) is 0 Å². The van der Waals surface area contributed by atoms with Gasteiger partial charge in [0.2, 0.25) is 0 Å². The quantitative estimate of drug-likeness (QED) is 0.696. The fraction of sp³-hybridized carbons (Fsp3) is 0.0667. The van der Waals surface area contributed by atoms with Gasteiger partial charge in [-0.2, -0.15) is 0 Å². The average molecular weight is 211 g/mol. The van der Waals surface area contributed by atoms with Crippen LogP contribution in [-0.2, 0) is 0 Å². The maximum Gasteiger partial charge on any atom is 0.199 e. The predicted molar refractivity (Wildman–Crippen MR) is 68.3 cm³/mol. The van der Waals surface area contributed by atoms with Crippen LogP contribution in [0.4, 0.5) is 0 Å². The minimum absolute atomic E-state index is 0.290. The molecular weight excluding hydrogens is 196 g/mol. The first kappa shape index (κ1) is 10.7. The zero-order chi connectivity index (χ0) is 11.2. The molecule has 2 aromatic carbocycles. The van der Waals surface area contributed by atoms with E-state index in [1.54, 1.807) is 0 Å². The summed E-state index contributed by atoms with van der Waals surface area (Å²) in [6.45, 7) is 0. The molecule has 0 saturated heterocycles. The molecule has 2 rings (SSSR count). The van der Waals surface area contributed by atoms with Crippen LogP contribution >= 0.6 is 0 Å². The van der Waals surface area contributed by atoms with E-state index in [4.69, 9.17) is 5.11 Å². The lowest BCUT2D eigenvalue weighted by molar-refractivity contribution is 0.229. The third-order valence-electron chi connectivity index (χ3n) is 2.44. The van der Waals surface area contributed by atoms with Gasteiger partial charge in [0, 0.05) is 5.56 Å². The zero-order valence-corrected chi connectivity index (χ0v) is 9.01. The normalized spacial score (nSPS) is 12.8. The molecule has 16 heavy (non-hydrogen) atoms. The molecule has 0 radical (unpaired) electrons. The first-order valence-corrected chi connectivity index (χ1v) is 5.35. The van der Waals surface area contributed by atoms with E-state index in [1.807, 2.05) is 72.8 Å². The second kappa shape index (κ2) is 5.29. The first-order valence-electron chi connectivity index (χ1n) is 5.35. The predicted octanol–water partition coefficient (Wildman–Crippen LogP) is 3.17. The lowest BCUT2D eigenvalue weighted by Crippen LogP contribution is -1.91. The van der Waals surface area contributed by atoms with Crippen molar-refractivity contribution in [2.45, 2.75) is 6.10 Å². The second-order valence-electron chi connectivity index (χ2n) is 3.66. The van der Waals surface area contributed by atoms with Crippen LogP contribution in [0, 0.1) is 0 Å². The van der Waals surface area contributed by atoms with Crippen molar-refractivity contribution in [3.63, 3.8) is 0 Å². The van der Waals surface area contributed by atoms with Crippen molar-refractivity contribution in [1.29, 1.82) is 0 Å². The molecule has 0 amide bonds. The summed E-state index contributed by atoms with van der Waals surface area (Å²) in [5, 5.41) is 7.98. The van der Waals surface area contributed by atoms with Crippen LogP contribution in [-0.4, -0.2) is 5.11 Å². The zero-order valence-electron chi connectivity index (χ0n) is 9.01. The first-order chi connectivity index (χ1) is 7.86. The Balaban J connectivity index is 2.08. The number of hydrogen-bond donors (Lipinski definition) is 0. The van der Waals surface area contributed by atoms with Gasteiger partial charge in [-0.05, 0) is 11.6 Å². The van der Waals surface area contributed by atoms with Crippen LogP contribution in [0.2, 0.25) is 0 Å². The molecule has 1 unspecified atom stereocenters.